The Labute approximate surface area is 224 Å². The molecule has 5 aromatic rings. The molecule has 1 N–H and O–H groups in total. The fraction of sp³-hybridized carbons (Fsp3) is 0.235. The van der Waals surface area contributed by atoms with Crippen molar-refractivity contribution in [3.05, 3.63) is 114 Å². The largest absolute Gasteiger partial charge is 0.384 e. The minimum absolute atomic E-state index is 0.304. The average molecular weight is 497 g/mol. The van der Waals surface area contributed by atoms with E-state index in [4.69, 9.17) is 9.97 Å². The third kappa shape index (κ3) is 4.15. The second kappa shape index (κ2) is 9.38. The number of likely N-dealkylation sites (tertiary alicyclic amines) is 1. The lowest BCUT2D eigenvalue weighted by Crippen LogP contribution is -2.43. The summed E-state index contributed by atoms with van der Waals surface area (Å²) in [4.78, 5) is 12.8. The molecule has 4 aromatic carbocycles. The highest BCUT2D eigenvalue weighted by Gasteiger charge is 2.41. The Bertz CT molecular complexity index is 1600. The van der Waals surface area contributed by atoms with Gasteiger partial charge in [-0.25, -0.2) is 9.97 Å². The minimum atomic E-state index is 0.304. The highest BCUT2D eigenvalue weighted by Crippen LogP contribution is 2.44. The van der Waals surface area contributed by atoms with Crippen LogP contribution in [0.2, 0.25) is 0 Å². The predicted octanol–water partition coefficient (Wildman–Crippen LogP) is 7.23. The van der Waals surface area contributed by atoms with Crippen LogP contribution >= 0.6 is 0 Å². The molecule has 3 heterocycles. The Morgan fingerprint density at radius 1 is 0.737 bits per heavy atom. The van der Waals surface area contributed by atoms with Gasteiger partial charge in [-0.05, 0) is 67.7 Å². The van der Waals surface area contributed by atoms with Crippen molar-refractivity contribution in [1.82, 2.24) is 14.9 Å². The zero-order valence-electron chi connectivity index (χ0n) is 21.8. The molecule has 0 amide bonds. The van der Waals surface area contributed by atoms with Gasteiger partial charge in [-0.2, -0.15) is 0 Å². The highest BCUT2D eigenvalue weighted by molar-refractivity contribution is 5.86. The number of fused-ring (bicyclic) bond motifs is 3. The number of para-hydroxylation sites is 1. The van der Waals surface area contributed by atoms with E-state index in [0.717, 1.165) is 59.7 Å². The van der Waals surface area contributed by atoms with Crippen molar-refractivity contribution in [3.63, 3.8) is 0 Å². The number of piperidine rings is 1. The molecule has 7 rings (SSSR count). The van der Waals surface area contributed by atoms with Gasteiger partial charge < -0.3 is 5.32 Å². The topological polar surface area (TPSA) is 41.1 Å². The number of nitrogens with zero attached hydrogens (tertiary/aromatic N) is 3. The summed E-state index contributed by atoms with van der Waals surface area (Å²) in [6, 6.07) is 34.5. The third-order valence-electron chi connectivity index (χ3n) is 8.43. The zero-order chi connectivity index (χ0) is 25.5. The number of rotatable bonds is 4. The zero-order valence-corrected chi connectivity index (χ0v) is 21.8. The summed E-state index contributed by atoms with van der Waals surface area (Å²) < 4.78 is 0. The van der Waals surface area contributed by atoms with Gasteiger partial charge in [-0.1, -0.05) is 78.9 Å². The SMILES string of the molecule is Cc1ccc2nc(-c3ccc(CN4CCC5(CC4)CNc4ccccc45)cc3)c(-c3ccccc3)nc2c1. The van der Waals surface area contributed by atoms with Crippen LogP contribution in [0.4, 0.5) is 5.69 Å². The number of aromatic nitrogens is 2. The van der Waals surface area contributed by atoms with Crippen molar-refractivity contribution >= 4 is 16.7 Å². The number of benzene rings is 4. The molecule has 4 heteroatoms. The molecule has 0 unspecified atom stereocenters. The van der Waals surface area contributed by atoms with Crippen molar-refractivity contribution in [2.24, 2.45) is 0 Å². The third-order valence-corrected chi connectivity index (χ3v) is 8.43. The molecule has 188 valence electrons. The molecule has 4 nitrogen and oxygen atoms in total. The molecule has 0 bridgehead atoms. The van der Waals surface area contributed by atoms with Gasteiger partial charge in [-0.15, -0.1) is 0 Å². The van der Waals surface area contributed by atoms with Gasteiger partial charge in [-0.3, -0.25) is 4.90 Å². The van der Waals surface area contributed by atoms with E-state index in [1.807, 2.05) is 6.07 Å². The molecule has 0 aliphatic carbocycles. The maximum atomic E-state index is 5.09. The summed E-state index contributed by atoms with van der Waals surface area (Å²) in [5.41, 5.74) is 11.6. The van der Waals surface area contributed by atoms with Crippen LogP contribution < -0.4 is 5.32 Å². The molecular formula is C34H32N4. The summed E-state index contributed by atoms with van der Waals surface area (Å²) in [5, 5.41) is 3.65. The van der Waals surface area contributed by atoms with E-state index in [2.05, 4.69) is 108 Å². The Kier molecular flexibility index (Phi) is 5.70. The fourth-order valence-corrected chi connectivity index (χ4v) is 6.23. The standard InChI is InChI=1S/C34H32N4/c1-24-11-16-30-31(21-24)37-32(26-7-3-2-4-8-26)33(36-30)27-14-12-25(13-15-27)22-38-19-17-34(18-20-38)23-35-29-10-6-5-9-28(29)34/h2-16,21,35H,17-20,22-23H2,1H3. The number of nitrogens with one attached hydrogen (secondary N) is 1. The van der Waals surface area contributed by atoms with Crippen LogP contribution in [0, 0.1) is 6.92 Å². The Hall–Kier alpha value is -4.02. The van der Waals surface area contributed by atoms with Crippen LogP contribution in [0.15, 0.2) is 97.1 Å². The van der Waals surface area contributed by atoms with Crippen LogP contribution in [0.1, 0.15) is 29.5 Å². The first-order valence-corrected chi connectivity index (χ1v) is 13.7. The van der Waals surface area contributed by atoms with Crippen molar-refractivity contribution in [1.29, 1.82) is 0 Å². The van der Waals surface area contributed by atoms with Crippen molar-refractivity contribution in [2.45, 2.75) is 31.7 Å². The fourth-order valence-electron chi connectivity index (χ4n) is 6.23. The molecule has 38 heavy (non-hydrogen) atoms. The van der Waals surface area contributed by atoms with Crippen LogP contribution in [-0.4, -0.2) is 34.5 Å². The number of aryl methyl sites for hydroxylation is 1. The molecule has 1 aromatic heterocycles. The molecule has 1 spiro atoms. The van der Waals surface area contributed by atoms with Gasteiger partial charge in [0.2, 0.25) is 0 Å². The van der Waals surface area contributed by atoms with Crippen LogP contribution in [0.3, 0.4) is 0 Å². The van der Waals surface area contributed by atoms with Gasteiger partial charge in [0, 0.05) is 35.3 Å². The second-order valence-electron chi connectivity index (χ2n) is 10.9. The Balaban J connectivity index is 1.12. The van der Waals surface area contributed by atoms with Gasteiger partial charge >= 0.3 is 0 Å². The molecule has 0 radical (unpaired) electrons. The Morgan fingerprint density at radius 2 is 1.42 bits per heavy atom. The summed E-state index contributed by atoms with van der Waals surface area (Å²) in [6.45, 7) is 6.42. The van der Waals surface area contributed by atoms with Crippen LogP contribution in [-0.2, 0) is 12.0 Å². The number of hydrogen-bond acceptors (Lipinski definition) is 4. The number of anilines is 1. The van der Waals surface area contributed by atoms with Gasteiger partial charge in [0.25, 0.3) is 0 Å². The monoisotopic (exact) mass is 496 g/mol. The maximum Gasteiger partial charge on any atom is 0.0973 e. The molecule has 1 fully saturated rings. The van der Waals surface area contributed by atoms with Crippen molar-refractivity contribution in [3.8, 4) is 22.5 Å². The van der Waals surface area contributed by atoms with E-state index in [1.165, 1.54) is 35.2 Å². The summed E-state index contributed by atoms with van der Waals surface area (Å²) >= 11 is 0. The smallest absolute Gasteiger partial charge is 0.0973 e. The predicted molar refractivity (Wildman–Crippen MR) is 156 cm³/mol. The van der Waals surface area contributed by atoms with Gasteiger partial charge in [0.1, 0.15) is 0 Å². The Morgan fingerprint density at radius 3 is 2.21 bits per heavy atom. The van der Waals surface area contributed by atoms with E-state index in [0.29, 0.717) is 5.41 Å². The maximum absolute atomic E-state index is 5.09. The highest BCUT2D eigenvalue weighted by atomic mass is 15.1. The lowest BCUT2D eigenvalue weighted by atomic mass is 9.74. The molecule has 2 aliphatic rings. The van der Waals surface area contributed by atoms with Crippen LogP contribution in [0.25, 0.3) is 33.5 Å². The van der Waals surface area contributed by atoms with E-state index in [1.54, 1.807) is 0 Å². The lowest BCUT2D eigenvalue weighted by Gasteiger charge is -2.39. The molecule has 0 saturated carbocycles. The quantitative estimate of drug-likeness (QED) is 0.285. The first-order chi connectivity index (χ1) is 18.7. The summed E-state index contributed by atoms with van der Waals surface area (Å²) in [6.07, 6.45) is 2.42. The lowest BCUT2D eigenvalue weighted by molar-refractivity contribution is 0.162. The first-order valence-electron chi connectivity index (χ1n) is 13.7. The van der Waals surface area contributed by atoms with E-state index >= 15 is 0 Å². The normalized spacial score (nSPS) is 16.4. The molecule has 2 aliphatic heterocycles. The van der Waals surface area contributed by atoms with E-state index in [-0.39, 0.29) is 0 Å². The van der Waals surface area contributed by atoms with Crippen LogP contribution in [0.5, 0.6) is 0 Å². The van der Waals surface area contributed by atoms with E-state index < -0.39 is 0 Å². The summed E-state index contributed by atoms with van der Waals surface area (Å²) in [5.74, 6) is 0. The number of hydrogen-bond donors (Lipinski definition) is 1. The van der Waals surface area contributed by atoms with Gasteiger partial charge in [0.05, 0.1) is 22.4 Å². The van der Waals surface area contributed by atoms with Crippen molar-refractivity contribution < 1.29 is 0 Å². The molecular weight excluding hydrogens is 464 g/mol. The second-order valence-corrected chi connectivity index (χ2v) is 10.9. The van der Waals surface area contributed by atoms with Crippen molar-refractivity contribution in [2.75, 3.05) is 25.0 Å². The minimum Gasteiger partial charge on any atom is -0.384 e. The molecule has 0 atom stereocenters. The van der Waals surface area contributed by atoms with E-state index in [9.17, 15) is 0 Å². The molecule has 1 saturated heterocycles. The first kappa shape index (κ1) is 23.1. The summed E-state index contributed by atoms with van der Waals surface area (Å²) in [7, 11) is 0. The average Bonchev–Trinajstić information content (AvgIpc) is 3.32. The van der Waals surface area contributed by atoms with Gasteiger partial charge in [0.15, 0.2) is 0 Å².